The van der Waals surface area contributed by atoms with Crippen LogP contribution in [-0.2, 0) is 6.54 Å². The molecule has 0 aliphatic heterocycles. The number of hydrogen-bond donors (Lipinski definition) is 1. The third-order valence-corrected chi connectivity index (χ3v) is 3.27. The van der Waals surface area contributed by atoms with Crippen molar-refractivity contribution in [1.29, 1.82) is 0 Å². The maximum absolute atomic E-state index is 6.02. The highest BCUT2D eigenvalue weighted by Crippen LogP contribution is 2.33. The molecule has 84 valence electrons. The van der Waals surface area contributed by atoms with Crippen LogP contribution >= 0.6 is 0 Å². The minimum atomic E-state index is 0.147. The van der Waals surface area contributed by atoms with E-state index in [2.05, 4.69) is 16.5 Å². The van der Waals surface area contributed by atoms with Gasteiger partial charge < -0.3 is 10.3 Å². The zero-order valence-corrected chi connectivity index (χ0v) is 9.52. The topological polar surface area (TPSA) is 43.8 Å². The molecule has 1 atom stereocenters. The second-order valence-corrected chi connectivity index (χ2v) is 4.61. The summed E-state index contributed by atoms with van der Waals surface area (Å²) in [5.74, 6) is 1.02. The first-order valence-corrected chi connectivity index (χ1v) is 6.07. The largest absolute Gasteiger partial charge is 0.333 e. The zero-order valence-electron chi connectivity index (χ0n) is 9.52. The molecule has 1 aliphatic carbocycles. The van der Waals surface area contributed by atoms with E-state index in [9.17, 15) is 0 Å². The van der Waals surface area contributed by atoms with Gasteiger partial charge in [-0.2, -0.15) is 0 Å². The SMILES string of the molecule is CC[C@@H](N)c1cncn1CCCC1CC1. The van der Waals surface area contributed by atoms with E-state index < -0.39 is 0 Å². The molecular weight excluding hydrogens is 186 g/mol. The highest BCUT2D eigenvalue weighted by molar-refractivity contribution is 5.04. The van der Waals surface area contributed by atoms with Gasteiger partial charge in [-0.1, -0.05) is 19.8 Å². The van der Waals surface area contributed by atoms with Crippen molar-refractivity contribution in [2.24, 2.45) is 11.7 Å². The second-order valence-electron chi connectivity index (χ2n) is 4.61. The molecule has 1 aromatic heterocycles. The van der Waals surface area contributed by atoms with Crippen molar-refractivity contribution in [2.45, 2.75) is 51.6 Å². The van der Waals surface area contributed by atoms with E-state index in [1.165, 1.54) is 31.4 Å². The van der Waals surface area contributed by atoms with Crippen LogP contribution in [0.2, 0.25) is 0 Å². The van der Waals surface area contributed by atoms with Crippen molar-refractivity contribution in [1.82, 2.24) is 9.55 Å². The smallest absolute Gasteiger partial charge is 0.0948 e. The third kappa shape index (κ3) is 2.81. The summed E-state index contributed by atoms with van der Waals surface area (Å²) < 4.78 is 2.22. The minimum absolute atomic E-state index is 0.147. The Bertz CT molecular complexity index is 302. The molecule has 1 saturated carbocycles. The molecule has 3 nitrogen and oxygen atoms in total. The van der Waals surface area contributed by atoms with Crippen LogP contribution in [0.4, 0.5) is 0 Å². The molecule has 1 aromatic rings. The highest BCUT2D eigenvalue weighted by atomic mass is 15.1. The summed E-state index contributed by atoms with van der Waals surface area (Å²) in [6.45, 7) is 3.20. The number of nitrogens with two attached hydrogens (primary N) is 1. The number of hydrogen-bond acceptors (Lipinski definition) is 2. The van der Waals surface area contributed by atoms with Crippen molar-refractivity contribution >= 4 is 0 Å². The Morgan fingerprint density at radius 1 is 1.60 bits per heavy atom. The third-order valence-electron chi connectivity index (χ3n) is 3.27. The van der Waals surface area contributed by atoms with E-state index in [0.29, 0.717) is 0 Å². The van der Waals surface area contributed by atoms with E-state index in [0.717, 1.165) is 18.9 Å². The lowest BCUT2D eigenvalue weighted by atomic mass is 10.1. The lowest BCUT2D eigenvalue weighted by Crippen LogP contribution is -2.14. The van der Waals surface area contributed by atoms with Gasteiger partial charge in [0, 0.05) is 18.8 Å². The lowest BCUT2D eigenvalue weighted by Gasteiger charge is -2.12. The fourth-order valence-corrected chi connectivity index (χ4v) is 1.99. The van der Waals surface area contributed by atoms with E-state index in [1.807, 2.05) is 12.5 Å². The molecule has 2 N–H and O–H groups in total. The van der Waals surface area contributed by atoms with Gasteiger partial charge in [-0.3, -0.25) is 0 Å². The zero-order chi connectivity index (χ0) is 10.7. The van der Waals surface area contributed by atoms with Gasteiger partial charge in [0.05, 0.1) is 12.0 Å². The van der Waals surface area contributed by atoms with Gasteiger partial charge in [0.1, 0.15) is 0 Å². The molecule has 3 heteroatoms. The molecule has 0 saturated heterocycles. The standard InChI is InChI=1S/C12H21N3/c1-2-11(13)12-8-14-9-15(12)7-3-4-10-5-6-10/h8-11H,2-7,13H2,1H3/t11-/m1/s1. The summed E-state index contributed by atoms with van der Waals surface area (Å²) >= 11 is 0. The molecule has 0 radical (unpaired) electrons. The summed E-state index contributed by atoms with van der Waals surface area (Å²) in [4.78, 5) is 4.19. The molecule has 0 aromatic carbocycles. The lowest BCUT2D eigenvalue weighted by molar-refractivity contribution is 0.537. The van der Waals surface area contributed by atoms with Crippen LogP contribution in [0, 0.1) is 5.92 Å². The monoisotopic (exact) mass is 207 g/mol. The summed E-state index contributed by atoms with van der Waals surface area (Å²) in [6, 6.07) is 0.147. The van der Waals surface area contributed by atoms with E-state index in [1.54, 1.807) is 0 Å². The van der Waals surface area contributed by atoms with Crippen molar-refractivity contribution < 1.29 is 0 Å². The molecule has 0 unspecified atom stereocenters. The number of aryl methyl sites for hydroxylation is 1. The molecule has 0 spiro atoms. The molecule has 1 aliphatic rings. The van der Waals surface area contributed by atoms with Crippen molar-refractivity contribution in [3.8, 4) is 0 Å². The van der Waals surface area contributed by atoms with Gasteiger partial charge in [-0.15, -0.1) is 0 Å². The Kier molecular flexibility index (Phi) is 3.41. The fourth-order valence-electron chi connectivity index (χ4n) is 1.99. The number of rotatable bonds is 6. The maximum Gasteiger partial charge on any atom is 0.0948 e. The van der Waals surface area contributed by atoms with Crippen LogP contribution in [0.5, 0.6) is 0 Å². The van der Waals surface area contributed by atoms with Crippen LogP contribution in [-0.4, -0.2) is 9.55 Å². The molecular formula is C12H21N3. The normalized spacial score (nSPS) is 18.0. The maximum atomic E-state index is 6.02. The fraction of sp³-hybridized carbons (Fsp3) is 0.750. The molecule has 15 heavy (non-hydrogen) atoms. The predicted molar refractivity (Wildman–Crippen MR) is 61.4 cm³/mol. The average Bonchev–Trinajstić information content (AvgIpc) is 2.95. The molecule has 0 bridgehead atoms. The molecule has 0 amide bonds. The predicted octanol–water partition coefficient (Wildman–Crippen LogP) is 2.48. The van der Waals surface area contributed by atoms with Crippen LogP contribution in [0.1, 0.15) is 50.8 Å². The van der Waals surface area contributed by atoms with E-state index in [-0.39, 0.29) is 6.04 Å². The number of aromatic nitrogens is 2. The highest BCUT2D eigenvalue weighted by Gasteiger charge is 2.20. The van der Waals surface area contributed by atoms with Crippen molar-refractivity contribution in [3.05, 3.63) is 18.2 Å². The van der Waals surface area contributed by atoms with E-state index >= 15 is 0 Å². The van der Waals surface area contributed by atoms with Crippen molar-refractivity contribution in [2.75, 3.05) is 0 Å². The van der Waals surface area contributed by atoms with Crippen LogP contribution in [0.15, 0.2) is 12.5 Å². The first-order valence-electron chi connectivity index (χ1n) is 6.07. The van der Waals surface area contributed by atoms with Crippen molar-refractivity contribution in [3.63, 3.8) is 0 Å². The Labute approximate surface area is 91.7 Å². The van der Waals surface area contributed by atoms with Crippen LogP contribution < -0.4 is 5.73 Å². The van der Waals surface area contributed by atoms with E-state index in [4.69, 9.17) is 5.73 Å². The molecule has 2 rings (SSSR count). The molecule has 1 fully saturated rings. The Morgan fingerprint density at radius 3 is 3.07 bits per heavy atom. The first kappa shape index (κ1) is 10.7. The van der Waals surface area contributed by atoms with Gasteiger partial charge in [-0.05, 0) is 25.2 Å². The van der Waals surface area contributed by atoms with Gasteiger partial charge in [0.25, 0.3) is 0 Å². The Balaban J connectivity index is 1.85. The first-order chi connectivity index (χ1) is 7.31. The van der Waals surface area contributed by atoms with Crippen LogP contribution in [0.25, 0.3) is 0 Å². The number of imidazole rings is 1. The quantitative estimate of drug-likeness (QED) is 0.778. The Morgan fingerprint density at radius 2 is 2.40 bits per heavy atom. The summed E-state index contributed by atoms with van der Waals surface area (Å²) in [5, 5.41) is 0. The Hall–Kier alpha value is -0.830. The molecule has 1 heterocycles. The van der Waals surface area contributed by atoms with Crippen LogP contribution in [0.3, 0.4) is 0 Å². The van der Waals surface area contributed by atoms with Gasteiger partial charge in [0.15, 0.2) is 0 Å². The average molecular weight is 207 g/mol. The summed E-state index contributed by atoms with van der Waals surface area (Å²) in [6.07, 6.45) is 10.3. The minimum Gasteiger partial charge on any atom is -0.333 e. The summed E-state index contributed by atoms with van der Waals surface area (Å²) in [7, 11) is 0. The van der Waals surface area contributed by atoms with Gasteiger partial charge in [-0.25, -0.2) is 4.98 Å². The number of nitrogens with zero attached hydrogens (tertiary/aromatic N) is 2. The second kappa shape index (κ2) is 4.79. The van der Waals surface area contributed by atoms with Gasteiger partial charge >= 0.3 is 0 Å². The summed E-state index contributed by atoms with van der Waals surface area (Å²) in [5.41, 5.74) is 7.21. The van der Waals surface area contributed by atoms with Gasteiger partial charge in [0.2, 0.25) is 0 Å².